The van der Waals surface area contributed by atoms with Crippen LogP contribution in [0, 0.1) is 0 Å². The van der Waals surface area contributed by atoms with Crippen molar-refractivity contribution < 1.29 is 0 Å². The van der Waals surface area contributed by atoms with Gasteiger partial charge < -0.3 is 5.73 Å². The Hall–Kier alpha value is -1.00. The van der Waals surface area contributed by atoms with Gasteiger partial charge in [-0.25, -0.2) is 0 Å². The van der Waals surface area contributed by atoms with Gasteiger partial charge in [0, 0.05) is 16.4 Å². The standard InChI is InChI=1S/C10H9BrClN3/c11-9-2-1-7(3-10(9)13)5-15-6-8(12)4-14-15/h1-4,6H,5,13H2. The van der Waals surface area contributed by atoms with E-state index in [1.165, 1.54) is 0 Å². The number of hydrogen-bond acceptors (Lipinski definition) is 2. The molecule has 0 radical (unpaired) electrons. The third kappa shape index (κ3) is 2.52. The van der Waals surface area contributed by atoms with Crippen LogP contribution in [-0.2, 0) is 6.54 Å². The number of benzene rings is 1. The van der Waals surface area contributed by atoms with Crippen LogP contribution in [0.2, 0.25) is 5.02 Å². The second kappa shape index (κ2) is 4.24. The van der Waals surface area contributed by atoms with Gasteiger partial charge in [0.15, 0.2) is 0 Å². The largest absolute Gasteiger partial charge is 0.398 e. The van der Waals surface area contributed by atoms with Gasteiger partial charge in [-0.1, -0.05) is 17.7 Å². The Kier molecular flexibility index (Phi) is 2.98. The Labute approximate surface area is 101 Å². The van der Waals surface area contributed by atoms with E-state index in [9.17, 15) is 0 Å². The molecule has 2 N–H and O–H groups in total. The highest BCUT2D eigenvalue weighted by molar-refractivity contribution is 9.10. The van der Waals surface area contributed by atoms with Gasteiger partial charge in [-0.05, 0) is 33.6 Å². The second-order valence-electron chi connectivity index (χ2n) is 3.21. The molecule has 0 amide bonds. The molecule has 1 aromatic carbocycles. The highest BCUT2D eigenvalue weighted by atomic mass is 79.9. The number of nitrogen functional groups attached to an aromatic ring is 1. The van der Waals surface area contributed by atoms with Gasteiger partial charge in [0.2, 0.25) is 0 Å². The lowest BCUT2D eigenvalue weighted by molar-refractivity contribution is 0.687. The van der Waals surface area contributed by atoms with Crippen LogP contribution in [0.1, 0.15) is 5.56 Å². The van der Waals surface area contributed by atoms with Crippen molar-refractivity contribution in [3.63, 3.8) is 0 Å². The number of halogens is 2. The molecule has 0 unspecified atom stereocenters. The van der Waals surface area contributed by atoms with Crippen molar-refractivity contribution in [3.05, 3.63) is 45.7 Å². The third-order valence-corrected chi connectivity index (χ3v) is 2.92. The van der Waals surface area contributed by atoms with Crippen LogP contribution in [0.4, 0.5) is 5.69 Å². The van der Waals surface area contributed by atoms with Crippen LogP contribution < -0.4 is 5.73 Å². The van der Waals surface area contributed by atoms with Crippen molar-refractivity contribution in [1.82, 2.24) is 9.78 Å². The summed E-state index contributed by atoms with van der Waals surface area (Å²) >= 11 is 9.12. The first-order valence-electron chi connectivity index (χ1n) is 4.37. The molecule has 0 bridgehead atoms. The minimum atomic E-state index is 0.639. The number of anilines is 1. The van der Waals surface area contributed by atoms with E-state index in [2.05, 4.69) is 21.0 Å². The lowest BCUT2D eigenvalue weighted by Crippen LogP contribution is -2.00. The molecule has 2 rings (SSSR count). The number of nitrogens with two attached hydrogens (primary N) is 1. The molecule has 1 aromatic heterocycles. The van der Waals surface area contributed by atoms with Crippen LogP contribution >= 0.6 is 27.5 Å². The molecule has 0 aliphatic rings. The smallest absolute Gasteiger partial charge is 0.0785 e. The Bertz CT molecular complexity index is 481. The van der Waals surface area contributed by atoms with E-state index in [0.29, 0.717) is 11.6 Å². The van der Waals surface area contributed by atoms with Crippen LogP contribution in [0.5, 0.6) is 0 Å². The molecule has 0 saturated heterocycles. The fraction of sp³-hybridized carbons (Fsp3) is 0.100. The average molecular weight is 287 g/mol. The highest BCUT2D eigenvalue weighted by Gasteiger charge is 2.00. The van der Waals surface area contributed by atoms with E-state index in [1.807, 2.05) is 18.2 Å². The number of nitrogens with zero attached hydrogens (tertiary/aromatic N) is 2. The minimum Gasteiger partial charge on any atom is -0.398 e. The average Bonchev–Trinajstić information content (AvgIpc) is 2.58. The van der Waals surface area contributed by atoms with E-state index in [0.717, 1.165) is 15.7 Å². The van der Waals surface area contributed by atoms with E-state index in [4.69, 9.17) is 17.3 Å². The summed E-state index contributed by atoms with van der Waals surface area (Å²) in [6, 6.07) is 5.84. The SMILES string of the molecule is Nc1cc(Cn2cc(Cl)cn2)ccc1Br. The van der Waals surface area contributed by atoms with Gasteiger partial charge >= 0.3 is 0 Å². The van der Waals surface area contributed by atoms with E-state index in [-0.39, 0.29) is 0 Å². The first-order chi connectivity index (χ1) is 7.15. The number of rotatable bonds is 2. The summed E-state index contributed by atoms with van der Waals surface area (Å²) in [4.78, 5) is 0. The zero-order chi connectivity index (χ0) is 10.8. The van der Waals surface area contributed by atoms with Crippen LogP contribution in [0.25, 0.3) is 0 Å². The zero-order valence-corrected chi connectivity index (χ0v) is 10.2. The minimum absolute atomic E-state index is 0.639. The van der Waals surface area contributed by atoms with Crippen molar-refractivity contribution in [1.29, 1.82) is 0 Å². The Morgan fingerprint density at radius 1 is 1.47 bits per heavy atom. The van der Waals surface area contributed by atoms with E-state index < -0.39 is 0 Å². The van der Waals surface area contributed by atoms with Gasteiger partial charge in [-0.2, -0.15) is 5.10 Å². The molecule has 3 nitrogen and oxygen atoms in total. The van der Waals surface area contributed by atoms with Crippen LogP contribution in [0.15, 0.2) is 35.1 Å². The van der Waals surface area contributed by atoms with Crippen molar-refractivity contribution >= 4 is 33.2 Å². The predicted octanol–water partition coefficient (Wildman–Crippen LogP) is 2.93. The quantitative estimate of drug-likeness (QED) is 0.863. The maximum absolute atomic E-state index is 5.78. The lowest BCUT2D eigenvalue weighted by Gasteiger charge is -2.04. The van der Waals surface area contributed by atoms with Gasteiger partial charge in [0.25, 0.3) is 0 Å². The molecule has 0 aliphatic carbocycles. The summed E-state index contributed by atoms with van der Waals surface area (Å²) in [6.45, 7) is 0.671. The summed E-state index contributed by atoms with van der Waals surface area (Å²) in [5.41, 5.74) is 7.60. The fourth-order valence-electron chi connectivity index (χ4n) is 1.30. The van der Waals surface area contributed by atoms with Gasteiger partial charge in [0.1, 0.15) is 0 Å². The molecule has 2 aromatic rings. The molecule has 15 heavy (non-hydrogen) atoms. The van der Waals surface area contributed by atoms with Crippen molar-refractivity contribution in [2.45, 2.75) is 6.54 Å². The summed E-state index contributed by atoms with van der Waals surface area (Å²) in [7, 11) is 0. The Morgan fingerprint density at radius 2 is 2.27 bits per heavy atom. The van der Waals surface area contributed by atoms with Crippen molar-refractivity contribution in [2.75, 3.05) is 5.73 Å². The maximum Gasteiger partial charge on any atom is 0.0785 e. The Morgan fingerprint density at radius 3 is 2.87 bits per heavy atom. The topological polar surface area (TPSA) is 43.8 Å². The molecule has 0 saturated carbocycles. The second-order valence-corrected chi connectivity index (χ2v) is 4.50. The van der Waals surface area contributed by atoms with Crippen LogP contribution in [-0.4, -0.2) is 9.78 Å². The summed E-state index contributed by atoms with van der Waals surface area (Å²) < 4.78 is 2.68. The van der Waals surface area contributed by atoms with Gasteiger partial charge in [-0.3, -0.25) is 4.68 Å². The van der Waals surface area contributed by atoms with Crippen molar-refractivity contribution in [3.8, 4) is 0 Å². The van der Waals surface area contributed by atoms with E-state index >= 15 is 0 Å². The summed E-state index contributed by atoms with van der Waals surface area (Å²) in [5, 5.41) is 4.73. The molecular formula is C10H9BrClN3. The summed E-state index contributed by atoms with van der Waals surface area (Å²) in [6.07, 6.45) is 3.39. The van der Waals surface area contributed by atoms with Crippen molar-refractivity contribution in [2.24, 2.45) is 0 Å². The highest BCUT2D eigenvalue weighted by Crippen LogP contribution is 2.20. The molecule has 0 aliphatic heterocycles. The normalized spacial score (nSPS) is 10.5. The number of aromatic nitrogens is 2. The molecule has 1 heterocycles. The summed E-state index contributed by atoms with van der Waals surface area (Å²) in [5.74, 6) is 0. The fourth-order valence-corrected chi connectivity index (χ4v) is 1.71. The molecule has 0 atom stereocenters. The van der Waals surface area contributed by atoms with Gasteiger partial charge in [0.05, 0.1) is 17.8 Å². The molecule has 0 fully saturated rings. The van der Waals surface area contributed by atoms with E-state index in [1.54, 1.807) is 17.1 Å². The Balaban J connectivity index is 2.21. The number of hydrogen-bond donors (Lipinski definition) is 1. The molecule has 78 valence electrons. The maximum atomic E-state index is 5.78. The zero-order valence-electron chi connectivity index (χ0n) is 7.82. The van der Waals surface area contributed by atoms with Crippen LogP contribution in [0.3, 0.4) is 0 Å². The third-order valence-electron chi connectivity index (χ3n) is 2.01. The van der Waals surface area contributed by atoms with Gasteiger partial charge in [-0.15, -0.1) is 0 Å². The first kappa shape index (κ1) is 10.5. The lowest BCUT2D eigenvalue weighted by atomic mass is 10.2. The predicted molar refractivity (Wildman–Crippen MR) is 64.9 cm³/mol. The molecule has 0 spiro atoms. The molecular weight excluding hydrogens is 277 g/mol. The monoisotopic (exact) mass is 285 g/mol. The first-order valence-corrected chi connectivity index (χ1v) is 5.54. The molecule has 5 heteroatoms.